The Labute approximate surface area is 241 Å². The molecule has 3 heterocycles. The van der Waals surface area contributed by atoms with E-state index in [1.54, 1.807) is 0 Å². The summed E-state index contributed by atoms with van der Waals surface area (Å²) in [7, 11) is 2.00. The normalized spacial score (nSPS) is 19.9. The topological polar surface area (TPSA) is 71.7 Å². The van der Waals surface area contributed by atoms with Crippen molar-refractivity contribution in [3.8, 4) is 0 Å². The maximum atomic E-state index is 15.8. The monoisotopic (exact) mass is 583 g/mol. The Morgan fingerprint density at radius 3 is 2.33 bits per heavy atom. The van der Waals surface area contributed by atoms with Crippen LogP contribution in [0.1, 0.15) is 41.8 Å². The number of likely N-dealkylation sites (N-methyl/N-ethyl adjacent to an activating group) is 1. The molecule has 1 fully saturated rings. The average Bonchev–Trinajstić information content (AvgIpc) is 2.96. The minimum atomic E-state index is -4.92. The van der Waals surface area contributed by atoms with Crippen LogP contribution >= 0.6 is 0 Å². The van der Waals surface area contributed by atoms with E-state index in [0.717, 1.165) is 17.5 Å². The lowest BCUT2D eigenvalue weighted by atomic mass is 9.96. The summed E-state index contributed by atoms with van der Waals surface area (Å²) in [6.07, 6.45) is -1.69. The fourth-order valence-corrected chi connectivity index (χ4v) is 5.64. The molecule has 0 bridgehead atoms. The number of nitrogens with zero attached hydrogens (tertiary/aromatic N) is 3. The molecule has 0 saturated carbocycles. The highest BCUT2D eigenvalue weighted by atomic mass is 19.4. The van der Waals surface area contributed by atoms with Crippen LogP contribution in [0, 0.1) is 5.82 Å². The van der Waals surface area contributed by atoms with Crippen molar-refractivity contribution in [1.82, 2.24) is 9.88 Å². The number of amides is 1. The molecule has 11 heteroatoms. The summed E-state index contributed by atoms with van der Waals surface area (Å²) in [5, 5.41) is 2.62. The van der Waals surface area contributed by atoms with Crippen molar-refractivity contribution in [2.45, 2.75) is 38.5 Å². The van der Waals surface area contributed by atoms with Gasteiger partial charge >= 0.3 is 6.18 Å². The zero-order valence-electron chi connectivity index (χ0n) is 23.6. The van der Waals surface area contributed by atoms with Crippen molar-refractivity contribution in [2.75, 3.05) is 48.3 Å². The third kappa shape index (κ3) is 6.06. The Bertz CT molecular complexity index is 1540. The highest BCUT2D eigenvalue weighted by Gasteiger charge is 2.36. The molecule has 1 aromatic heterocycles. The zero-order valence-corrected chi connectivity index (χ0v) is 23.6. The van der Waals surface area contributed by atoms with Gasteiger partial charge in [-0.25, -0.2) is 4.39 Å². The Morgan fingerprint density at radius 1 is 1.02 bits per heavy atom. The van der Waals surface area contributed by atoms with Gasteiger partial charge in [0.15, 0.2) is 0 Å². The maximum Gasteiger partial charge on any atom is 0.417 e. The minimum absolute atomic E-state index is 0.112. The first-order chi connectivity index (χ1) is 19.9. The van der Waals surface area contributed by atoms with Gasteiger partial charge in [0.2, 0.25) is 5.56 Å². The average molecular weight is 584 g/mol. The van der Waals surface area contributed by atoms with Crippen LogP contribution in [-0.2, 0) is 6.18 Å². The lowest BCUT2D eigenvalue weighted by molar-refractivity contribution is -0.138. The number of hydrogen-bond donors (Lipinski definition) is 2. The molecule has 0 radical (unpaired) electrons. The van der Waals surface area contributed by atoms with Gasteiger partial charge in [0.05, 0.1) is 22.5 Å². The van der Waals surface area contributed by atoms with Crippen LogP contribution in [0.25, 0.3) is 5.57 Å². The molecule has 2 aliphatic rings. The zero-order chi connectivity index (χ0) is 30.2. The number of nitrogens with one attached hydrogen (secondary N) is 2. The summed E-state index contributed by atoms with van der Waals surface area (Å²) in [6, 6.07) is 13.3. The molecule has 0 spiro atoms. The number of aromatic nitrogens is 1. The Kier molecular flexibility index (Phi) is 8.14. The number of alkyl halides is 3. The summed E-state index contributed by atoms with van der Waals surface area (Å²) in [5.74, 6) is -1.53. The molecule has 1 saturated heterocycles. The van der Waals surface area contributed by atoms with Crippen LogP contribution < -0.4 is 20.7 Å². The third-order valence-electron chi connectivity index (χ3n) is 8.18. The first-order valence-corrected chi connectivity index (χ1v) is 13.8. The summed E-state index contributed by atoms with van der Waals surface area (Å²) in [5.41, 5.74) is -0.367. The van der Waals surface area contributed by atoms with Gasteiger partial charge in [-0.1, -0.05) is 24.3 Å². The molecule has 2 aromatic carbocycles. The van der Waals surface area contributed by atoms with Gasteiger partial charge in [-0.15, -0.1) is 0 Å². The van der Waals surface area contributed by atoms with Crippen molar-refractivity contribution in [2.24, 2.45) is 0 Å². The van der Waals surface area contributed by atoms with Gasteiger partial charge in [0, 0.05) is 61.8 Å². The van der Waals surface area contributed by atoms with Crippen LogP contribution in [0.15, 0.2) is 65.6 Å². The number of halogens is 4. The number of pyridine rings is 1. The number of anilines is 3. The minimum Gasteiger partial charge on any atom is -0.367 e. The fourth-order valence-electron chi connectivity index (χ4n) is 5.64. The highest BCUT2D eigenvalue weighted by molar-refractivity contribution is 6.07. The smallest absolute Gasteiger partial charge is 0.367 e. The number of hydrogen-bond acceptors (Lipinski definition) is 5. The molecule has 2 N–H and O–H groups in total. The Hall–Kier alpha value is -4.12. The Balaban J connectivity index is 1.53. The molecule has 1 unspecified atom stereocenters. The van der Waals surface area contributed by atoms with Crippen LogP contribution in [0.3, 0.4) is 0 Å². The van der Waals surface area contributed by atoms with Gasteiger partial charge in [-0.05, 0) is 57.2 Å². The number of piperazine rings is 1. The van der Waals surface area contributed by atoms with Crippen LogP contribution in [0.4, 0.5) is 34.6 Å². The van der Waals surface area contributed by atoms with Gasteiger partial charge in [0.25, 0.3) is 5.91 Å². The van der Waals surface area contributed by atoms with Crippen molar-refractivity contribution < 1.29 is 22.4 Å². The molecule has 2 atom stereocenters. The van der Waals surface area contributed by atoms with Crippen LogP contribution in [-0.4, -0.2) is 61.1 Å². The molecular weight excluding hydrogens is 550 g/mol. The van der Waals surface area contributed by atoms with E-state index in [1.807, 2.05) is 62.2 Å². The number of H-pyrrole nitrogens is 1. The van der Waals surface area contributed by atoms with E-state index in [1.165, 1.54) is 12.1 Å². The lowest BCUT2D eigenvalue weighted by Crippen LogP contribution is -2.55. The summed E-state index contributed by atoms with van der Waals surface area (Å²) < 4.78 is 57.0. The fraction of sp³-hybridized carbons (Fsp3) is 0.355. The number of benzene rings is 2. The first-order valence-electron chi connectivity index (χ1n) is 13.8. The number of rotatable bonds is 5. The van der Waals surface area contributed by atoms with Gasteiger partial charge in [-0.2, -0.15) is 13.2 Å². The van der Waals surface area contributed by atoms with Crippen molar-refractivity contribution >= 4 is 28.5 Å². The largest absolute Gasteiger partial charge is 0.417 e. The molecule has 5 rings (SSSR count). The second-order valence-electron chi connectivity index (χ2n) is 11.0. The summed E-state index contributed by atoms with van der Waals surface area (Å²) in [4.78, 5) is 33.4. The van der Waals surface area contributed by atoms with Crippen LogP contribution in [0.5, 0.6) is 0 Å². The van der Waals surface area contributed by atoms with Gasteiger partial charge in [0.1, 0.15) is 5.82 Å². The van der Waals surface area contributed by atoms with E-state index < -0.39 is 34.6 Å². The van der Waals surface area contributed by atoms with Crippen LogP contribution in [0.2, 0.25) is 0 Å². The molecule has 222 valence electrons. The number of aromatic amines is 1. The van der Waals surface area contributed by atoms with Gasteiger partial charge < -0.3 is 20.1 Å². The number of carbonyl (C=O) groups excluding carboxylic acids is 1. The van der Waals surface area contributed by atoms with Crippen molar-refractivity contribution in [1.29, 1.82) is 0 Å². The lowest BCUT2D eigenvalue weighted by Gasteiger charge is -2.44. The molecule has 0 aliphatic carbocycles. The molecular formula is C31H33F4N5O2. The molecule has 2 aliphatic heterocycles. The number of carbonyl (C=O) groups is 1. The van der Waals surface area contributed by atoms with E-state index in [4.69, 9.17) is 0 Å². The molecule has 7 nitrogen and oxygen atoms in total. The van der Waals surface area contributed by atoms with E-state index >= 15 is 4.39 Å². The number of para-hydroxylation sites is 1. The molecule has 42 heavy (non-hydrogen) atoms. The Morgan fingerprint density at radius 2 is 1.71 bits per heavy atom. The van der Waals surface area contributed by atoms with E-state index in [2.05, 4.69) is 20.1 Å². The SMILES string of the molecule is CC1CN(c2cc(F)c(C3=CCN(c4ccccc4)CC3)cc2NC(=O)c2c[nH]c(=O)cc2C(F)(F)F)C[C@H](C)N1C. The van der Waals surface area contributed by atoms with Gasteiger partial charge in [-0.3, -0.25) is 14.5 Å². The van der Waals surface area contributed by atoms with E-state index in [9.17, 15) is 22.8 Å². The van der Waals surface area contributed by atoms with E-state index in [-0.39, 0.29) is 23.3 Å². The summed E-state index contributed by atoms with van der Waals surface area (Å²) in [6.45, 7) is 6.34. The third-order valence-corrected chi connectivity index (χ3v) is 8.18. The standard InChI is InChI=1S/C31H33F4N5O2/c1-19-17-40(18-20(2)38(19)3)28-15-26(32)23(21-9-11-39(12-10-21)22-7-5-4-6-8-22)13-27(28)37-30(42)24-16-36-29(41)14-25(24)31(33,34)35/h4-9,13-16,19-20H,10-12,17-18H2,1-3H3,(H,36,41)(H,37,42)/t19-,20?/m0/s1. The molecule has 1 amide bonds. The first kappa shape index (κ1) is 29.4. The maximum absolute atomic E-state index is 15.8. The van der Waals surface area contributed by atoms with Crippen molar-refractivity contribution in [3.05, 3.63) is 93.7 Å². The van der Waals surface area contributed by atoms with E-state index in [0.29, 0.717) is 44.4 Å². The second kappa shape index (κ2) is 11.6. The highest BCUT2D eigenvalue weighted by Crippen LogP contribution is 2.37. The molecule has 3 aromatic rings. The summed E-state index contributed by atoms with van der Waals surface area (Å²) >= 11 is 0. The predicted molar refractivity (Wildman–Crippen MR) is 157 cm³/mol. The predicted octanol–water partition coefficient (Wildman–Crippen LogP) is 5.61. The van der Waals surface area contributed by atoms with Crippen molar-refractivity contribution in [3.63, 3.8) is 0 Å². The quantitative estimate of drug-likeness (QED) is 0.383. The second-order valence-corrected chi connectivity index (χ2v) is 11.0.